The molecule has 3 rings (SSSR count). The van der Waals surface area contributed by atoms with Gasteiger partial charge in [0, 0.05) is 38.1 Å². The molecule has 1 aliphatic rings. The summed E-state index contributed by atoms with van der Waals surface area (Å²) in [5.41, 5.74) is 2.94. The fourth-order valence-corrected chi connectivity index (χ4v) is 5.35. The lowest BCUT2D eigenvalue weighted by Crippen LogP contribution is -2.47. The van der Waals surface area contributed by atoms with Crippen LogP contribution in [0.2, 0.25) is 0 Å². The van der Waals surface area contributed by atoms with Crippen LogP contribution in [0.5, 0.6) is 0 Å². The average Bonchev–Trinajstić information content (AvgIpc) is 2.70. The molecule has 0 radical (unpaired) electrons. The molecule has 2 aromatic rings. The highest BCUT2D eigenvalue weighted by atomic mass is 32.2. The van der Waals surface area contributed by atoms with Crippen LogP contribution in [-0.2, 0) is 14.8 Å². The van der Waals surface area contributed by atoms with E-state index in [2.05, 4.69) is 15.2 Å². The van der Waals surface area contributed by atoms with Crippen LogP contribution >= 0.6 is 11.8 Å². The van der Waals surface area contributed by atoms with Crippen molar-refractivity contribution in [3.05, 3.63) is 47.7 Å². The molecule has 162 valence electrons. The molecule has 1 unspecified atom stereocenters. The summed E-state index contributed by atoms with van der Waals surface area (Å²) >= 11 is 1.30. The number of carbonyl (C=O) groups is 1. The molecule has 9 heteroatoms. The standard InChI is InChI=1S/C21H28N4O3S2/c1-15-5-7-19(16(2)13-15)23-21(26)17(3)29-20-8-6-18(14-22-20)30(27,28)25-11-9-24(4)10-12-25/h5-8,13-14,17H,9-12H2,1-4H3,(H,23,26). The van der Waals surface area contributed by atoms with Crippen LogP contribution in [0.4, 0.5) is 5.69 Å². The first kappa shape index (κ1) is 22.7. The van der Waals surface area contributed by atoms with Crippen molar-refractivity contribution in [2.45, 2.75) is 35.9 Å². The Labute approximate surface area is 182 Å². The average molecular weight is 449 g/mol. The lowest BCUT2D eigenvalue weighted by Gasteiger charge is -2.31. The maximum Gasteiger partial charge on any atom is 0.244 e. The number of hydrogen-bond donors (Lipinski definition) is 1. The van der Waals surface area contributed by atoms with Crippen LogP contribution in [0.25, 0.3) is 0 Å². The van der Waals surface area contributed by atoms with Gasteiger partial charge in [0.2, 0.25) is 15.9 Å². The summed E-state index contributed by atoms with van der Waals surface area (Å²) in [5.74, 6) is -0.122. The molecule has 1 fully saturated rings. The molecule has 0 spiro atoms. The second-order valence-corrected chi connectivity index (χ2v) is 10.9. The monoisotopic (exact) mass is 448 g/mol. The van der Waals surface area contributed by atoms with Gasteiger partial charge >= 0.3 is 0 Å². The maximum absolute atomic E-state index is 12.8. The predicted molar refractivity (Wildman–Crippen MR) is 120 cm³/mol. The first-order valence-electron chi connectivity index (χ1n) is 9.86. The Morgan fingerprint density at radius 2 is 1.83 bits per heavy atom. The Hall–Kier alpha value is -1.94. The minimum atomic E-state index is -3.54. The van der Waals surface area contributed by atoms with E-state index in [0.29, 0.717) is 31.2 Å². The number of sulfonamides is 1. The number of thioether (sulfide) groups is 1. The Bertz CT molecular complexity index is 1000. The molecular formula is C21H28N4O3S2. The van der Waals surface area contributed by atoms with Gasteiger partial charge in [-0.2, -0.15) is 4.31 Å². The smallest absolute Gasteiger partial charge is 0.244 e. The van der Waals surface area contributed by atoms with Gasteiger partial charge in [-0.05, 0) is 51.6 Å². The molecule has 1 atom stereocenters. The van der Waals surface area contributed by atoms with Gasteiger partial charge < -0.3 is 10.2 Å². The molecule has 0 aliphatic carbocycles. The molecule has 1 amide bonds. The Morgan fingerprint density at radius 3 is 2.43 bits per heavy atom. The van der Waals surface area contributed by atoms with E-state index in [1.165, 1.54) is 22.3 Å². The molecule has 30 heavy (non-hydrogen) atoms. The fraction of sp³-hybridized carbons (Fsp3) is 0.429. The van der Waals surface area contributed by atoms with Gasteiger partial charge in [0.15, 0.2) is 0 Å². The van der Waals surface area contributed by atoms with E-state index in [0.717, 1.165) is 16.8 Å². The number of piperazine rings is 1. The number of likely N-dealkylation sites (N-methyl/N-ethyl adjacent to an activating group) is 1. The van der Waals surface area contributed by atoms with Crippen molar-refractivity contribution in [3.8, 4) is 0 Å². The van der Waals surface area contributed by atoms with Gasteiger partial charge in [0.1, 0.15) is 4.90 Å². The Kier molecular flexibility index (Phi) is 7.18. The zero-order chi connectivity index (χ0) is 21.9. The fourth-order valence-electron chi connectivity index (χ4n) is 3.19. The zero-order valence-electron chi connectivity index (χ0n) is 17.8. The SMILES string of the molecule is Cc1ccc(NC(=O)C(C)Sc2ccc(S(=O)(=O)N3CCN(C)CC3)cn2)c(C)c1. The van der Waals surface area contributed by atoms with Gasteiger partial charge in [-0.1, -0.05) is 29.5 Å². The van der Waals surface area contributed by atoms with Crippen molar-refractivity contribution >= 4 is 33.4 Å². The van der Waals surface area contributed by atoms with Crippen molar-refractivity contribution < 1.29 is 13.2 Å². The molecular weight excluding hydrogens is 420 g/mol. The molecule has 1 saturated heterocycles. The van der Waals surface area contributed by atoms with Gasteiger partial charge in [0.25, 0.3) is 0 Å². The van der Waals surface area contributed by atoms with E-state index in [1.54, 1.807) is 19.1 Å². The number of carbonyl (C=O) groups excluding carboxylic acids is 1. The third kappa shape index (κ3) is 5.40. The largest absolute Gasteiger partial charge is 0.325 e. The minimum absolute atomic E-state index is 0.122. The van der Waals surface area contributed by atoms with Crippen molar-refractivity contribution in [2.75, 3.05) is 38.5 Å². The number of amides is 1. The number of aryl methyl sites for hydroxylation is 2. The molecule has 1 aliphatic heterocycles. The first-order chi connectivity index (χ1) is 14.2. The van der Waals surface area contributed by atoms with Crippen molar-refractivity contribution in [3.63, 3.8) is 0 Å². The third-order valence-corrected chi connectivity index (χ3v) is 8.05. The van der Waals surface area contributed by atoms with E-state index in [4.69, 9.17) is 0 Å². The molecule has 0 saturated carbocycles. The summed E-state index contributed by atoms with van der Waals surface area (Å²) in [7, 11) is -1.56. The summed E-state index contributed by atoms with van der Waals surface area (Å²) in [6.07, 6.45) is 1.38. The van der Waals surface area contributed by atoms with Crippen LogP contribution in [0.3, 0.4) is 0 Å². The second-order valence-electron chi connectivity index (χ2n) is 7.61. The lowest BCUT2D eigenvalue weighted by molar-refractivity contribution is -0.115. The number of aromatic nitrogens is 1. The third-order valence-electron chi connectivity index (χ3n) is 5.12. The van der Waals surface area contributed by atoms with E-state index < -0.39 is 10.0 Å². The van der Waals surface area contributed by atoms with E-state index >= 15 is 0 Å². The first-order valence-corrected chi connectivity index (χ1v) is 12.2. The number of pyridine rings is 1. The number of hydrogen-bond acceptors (Lipinski definition) is 6. The van der Waals surface area contributed by atoms with E-state index in [9.17, 15) is 13.2 Å². The molecule has 0 bridgehead atoms. The van der Waals surface area contributed by atoms with Gasteiger partial charge in [-0.15, -0.1) is 0 Å². The topological polar surface area (TPSA) is 82.6 Å². The number of anilines is 1. The lowest BCUT2D eigenvalue weighted by atomic mass is 10.1. The summed E-state index contributed by atoms with van der Waals surface area (Å²) < 4.78 is 27.1. The van der Waals surface area contributed by atoms with Crippen molar-refractivity contribution in [1.29, 1.82) is 0 Å². The molecule has 1 aromatic carbocycles. The quantitative estimate of drug-likeness (QED) is 0.685. The van der Waals surface area contributed by atoms with Crippen LogP contribution < -0.4 is 5.32 Å². The van der Waals surface area contributed by atoms with E-state index in [1.807, 2.05) is 39.1 Å². The summed E-state index contributed by atoms with van der Waals surface area (Å²) in [6.45, 7) is 8.16. The molecule has 1 aromatic heterocycles. The van der Waals surface area contributed by atoms with Crippen LogP contribution in [0, 0.1) is 13.8 Å². The molecule has 2 heterocycles. The van der Waals surface area contributed by atoms with Crippen molar-refractivity contribution in [1.82, 2.24) is 14.2 Å². The Morgan fingerprint density at radius 1 is 1.13 bits per heavy atom. The minimum Gasteiger partial charge on any atom is -0.325 e. The second kappa shape index (κ2) is 9.47. The molecule has 7 nitrogen and oxygen atoms in total. The number of rotatable bonds is 6. The van der Waals surface area contributed by atoms with Crippen LogP contribution in [0.15, 0.2) is 46.5 Å². The summed E-state index contributed by atoms with van der Waals surface area (Å²) in [5, 5.41) is 3.18. The summed E-state index contributed by atoms with van der Waals surface area (Å²) in [6, 6.07) is 9.11. The van der Waals surface area contributed by atoms with Crippen LogP contribution in [0.1, 0.15) is 18.1 Å². The van der Waals surface area contributed by atoms with E-state index in [-0.39, 0.29) is 16.1 Å². The number of nitrogens with one attached hydrogen (secondary N) is 1. The van der Waals surface area contributed by atoms with Gasteiger partial charge in [0.05, 0.1) is 10.3 Å². The number of benzene rings is 1. The maximum atomic E-state index is 12.8. The normalized spacial score (nSPS) is 16.9. The summed E-state index contributed by atoms with van der Waals surface area (Å²) in [4.78, 5) is 19.1. The predicted octanol–water partition coefficient (Wildman–Crippen LogP) is 2.75. The van der Waals surface area contributed by atoms with Crippen LogP contribution in [-0.4, -0.2) is 67.0 Å². The molecule has 1 N–H and O–H groups in total. The van der Waals surface area contributed by atoms with Gasteiger partial charge in [-0.25, -0.2) is 13.4 Å². The van der Waals surface area contributed by atoms with Crippen molar-refractivity contribution in [2.24, 2.45) is 0 Å². The number of nitrogens with zero attached hydrogens (tertiary/aromatic N) is 3. The highest BCUT2D eigenvalue weighted by molar-refractivity contribution is 8.00. The van der Waals surface area contributed by atoms with Gasteiger partial charge in [-0.3, -0.25) is 4.79 Å². The Balaban J connectivity index is 1.62. The zero-order valence-corrected chi connectivity index (χ0v) is 19.4. The highest BCUT2D eigenvalue weighted by Crippen LogP contribution is 2.25. The highest BCUT2D eigenvalue weighted by Gasteiger charge is 2.27.